The average molecular weight is 463 g/mol. The molecule has 0 bridgehead atoms. The third kappa shape index (κ3) is 8.25. The Balaban J connectivity index is 2.26. The molecule has 0 unspecified atom stereocenters. The standard InChI is InChI=1S/C25H42N4O4/c1-4-27-24(32)22(30)20-13-11-9-7-5-6-8-10-12-19(26)25(33)29-16-18(14-17(2)3)15-21(29)23(31)28-20/h14,18-21H,4-13,15-16,26H2,1-3H3,(H,27,32)(H,28,31)/t18-,19+,20+,21+/m1/s1. The van der Waals surface area contributed by atoms with Crippen molar-refractivity contribution in [2.24, 2.45) is 11.7 Å². The zero-order valence-corrected chi connectivity index (χ0v) is 20.5. The molecule has 4 N–H and O–H groups in total. The number of Topliss-reactive ketones (excluding diaryl/α,β-unsaturated/α-hetero) is 1. The fourth-order valence-corrected chi connectivity index (χ4v) is 4.83. The lowest BCUT2D eigenvalue weighted by Crippen LogP contribution is -2.55. The molecular formula is C25H42N4O4. The summed E-state index contributed by atoms with van der Waals surface area (Å²) < 4.78 is 0. The van der Waals surface area contributed by atoms with Crippen molar-refractivity contribution >= 4 is 23.5 Å². The summed E-state index contributed by atoms with van der Waals surface area (Å²) in [6.45, 7) is 6.52. The number of nitrogens with zero attached hydrogens (tertiary/aromatic N) is 1. The van der Waals surface area contributed by atoms with Gasteiger partial charge in [0.1, 0.15) is 6.04 Å². The Hall–Kier alpha value is -2.22. The van der Waals surface area contributed by atoms with Crippen LogP contribution in [0, 0.1) is 5.92 Å². The molecule has 4 atom stereocenters. The molecule has 0 aromatic heterocycles. The van der Waals surface area contributed by atoms with E-state index in [-0.39, 0.29) is 17.7 Å². The van der Waals surface area contributed by atoms with Crippen LogP contribution >= 0.6 is 0 Å². The van der Waals surface area contributed by atoms with E-state index >= 15 is 0 Å². The van der Waals surface area contributed by atoms with Gasteiger partial charge in [0.25, 0.3) is 5.91 Å². The molecule has 2 saturated heterocycles. The predicted molar refractivity (Wildman–Crippen MR) is 128 cm³/mol. The van der Waals surface area contributed by atoms with Crippen molar-refractivity contribution in [3.63, 3.8) is 0 Å². The van der Waals surface area contributed by atoms with Crippen molar-refractivity contribution in [3.8, 4) is 0 Å². The quantitative estimate of drug-likeness (QED) is 0.437. The van der Waals surface area contributed by atoms with Crippen LogP contribution in [0.1, 0.15) is 85.0 Å². The van der Waals surface area contributed by atoms with E-state index in [2.05, 4.69) is 16.7 Å². The number of rotatable bonds is 4. The second kappa shape index (κ2) is 13.5. The molecule has 3 amide bonds. The van der Waals surface area contributed by atoms with Gasteiger partial charge in [-0.15, -0.1) is 0 Å². The highest BCUT2D eigenvalue weighted by Crippen LogP contribution is 2.27. The van der Waals surface area contributed by atoms with E-state index in [0.717, 1.165) is 50.5 Å². The number of nitrogens with two attached hydrogens (primary N) is 1. The normalized spacial score (nSPS) is 27.9. The summed E-state index contributed by atoms with van der Waals surface area (Å²) in [5.74, 6) is -1.84. The summed E-state index contributed by atoms with van der Waals surface area (Å²) in [7, 11) is 0. The number of fused-ring (bicyclic) bond motifs is 1. The SMILES string of the molecule is CCNC(=O)C(=O)[C@@H]1CCCCCCCCC[C@H](N)C(=O)N2C[C@H](C=C(C)C)C[C@H]2C(=O)N1. The lowest BCUT2D eigenvalue weighted by atomic mass is 9.99. The summed E-state index contributed by atoms with van der Waals surface area (Å²) in [4.78, 5) is 53.0. The van der Waals surface area contributed by atoms with E-state index in [4.69, 9.17) is 5.73 Å². The smallest absolute Gasteiger partial charge is 0.289 e. The molecule has 0 aliphatic carbocycles. The molecule has 2 heterocycles. The summed E-state index contributed by atoms with van der Waals surface area (Å²) in [5, 5.41) is 5.35. The van der Waals surface area contributed by atoms with Gasteiger partial charge in [0, 0.05) is 13.1 Å². The van der Waals surface area contributed by atoms with Gasteiger partial charge in [-0.2, -0.15) is 0 Å². The first kappa shape index (κ1) is 27.0. The zero-order valence-electron chi connectivity index (χ0n) is 20.5. The molecule has 0 radical (unpaired) electrons. The molecular weight excluding hydrogens is 420 g/mol. The Morgan fingerprint density at radius 2 is 1.67 bits per heavy atom. The number of likely N-dealkylation sites (N-methyl/N-ethyl adjacent to an activating group) is 1. The van der Waals surface area contributed by atoms with E-state index in [1.807, 2.05) is 13.8 Å². The van der Waals surface area contributed by atoms with Crippen LogP contribution in [-0.4, -0.2) is 59.6 Å². The van der Waals surface area contributed by atoms with Gasteiger partial charge in [-0.1, -0.05) is 56.6 Å². The minimum absolute atomic E-state index is 0.0570. The minimum atomic E-state index is -0.884. The number of carbonyl (C=O) groups excluding carboxylic acids is 4. The summed E-state index contributed by atoms with van der Waals surface area (Å²) >= 11 is 0. The van der Waals surface area contributed by atoms with Crippen LogP contribution < -0.4 is 16.4 Å². The van der Waals surface area contributed by atoms with Gasteiger partial charge >= 0.3 is 0 Å². The van der Waals surface area contributed by atoms with Crippen molar-refractivity contribution in [3.05, 3.63) is 11.6 Å². The monoisotopic (exact) mass is 462 g/mol. The maximum Gasteiger partial charge on any atom is 0.289 e. The highest BCUT2D eigenvalue weighted by molar-refractivity contribution is 6.38. The third-order valence-corrected chi connectivity index (χ3v) is 6.51. The number of hydrogen-bond acceptors (Lipinski definition) is 5. The Bertz CT molecular complexity index is 732. The number of amides is 3. The average Bonchev–Trinajstić information content (AvgIpc) is 3.18. The van der Waals surface area contributed by atoms with Gasteiger partial charge in [-0.25, -0.2) is 0 Å². The number of allylic oxidation sites excluding steroid dienone is 1. The summed E-state index contributed by atoms with van der Waals surface area (Å²) in [5.41, 5.74) is 7.36. The number of ketones is 1. The van der Waals surface area contributed by atoms with Gasteiger partial charge < -0.3 is 21.3 Å². The molecule has 186 valence electrons. The predicted octanol–water partition coefficient (Wildman–Crippen LogP) is 2.21. The van der Waals surface area contributed by atoms with Crippen LogP contribution in [0.15, 0.2) is 11.6 Å². The molecule has 33 heavy (non-hydrogen) atoms. The molecule has 0 saturated carbocycles. The molecule has 2 fully saturated rings. The maximum absolute atomic E-state index is 13.3. The number of hydrogen-bond donors (Lipinski definition) is 3. The van der Waals surface area contributed by atoms with Gasteiger partial charge in [-0.05, 0) is 46.0 Å². The van der Waals surface area contributed by atoms with E-state index < -0.39 is 29.8 Å². The first-order valence-electron chi connectivity index (χ1n) is 12.6. The van der Waals surface area contributed by atoms with Crippen LogP contribution in [-0.2, 0) is 19.2 Å². The van der Waals surface area contributed by atoms with Crippen molar-refractivity contribution in [1.29, 1.82) is 0 Å². The molecule has 2 aliphatic rings. The van der Waals surface area contributed by atoms with E-state index in [1.165, 1.54) is 0 Å². The highest BCUT2D eigenvalue weighted by atomic mass is 16.2. The van der Waals surface area contributed by atoms with Gasteiger partial charge in [0.05, 0.1) is 12.1 Å². The molecule has 2 rings (SSSR count). The third-order valence-electron chi connectivity index (χ3n) is 6.51. The second-order valence-corrected chi connectivity index (χ2v) is 9.69. The minimum Gasteiger partial charge on any atom is -0.350 e. The van der Waals surface area contributed by atoms with Crippen molar-refractivity contribution < 1.29 is 19.2 Å². The zero-order chi connectivity index (χ0) is 24.4. The van der Waals surface area contributed by atoms with Crippen molar-refractivity contribution in [2.45, 2.75) is 103 Å². The van der Waals surface area contributed by atoms with Crippen molar-refractivity contribution in [1.82, 2.24) is 15.5 Å². The van der Waals surface area contributed by atoms with Gasteiger partial charge in [-0.3, -0.25) is 19.2 Å². The second-order valence-electron chi connectivity index (χ2n) is 9.69. The number of nitrogens with one attached hydrogen (secondary N) is 2. The lowest BCUT2D eigenvalue weighted by Gasteiger charge is -2.28. The lowest BCUT2D eigenvalue weighted by molar-refractivity contribution is -0.142. The van der Waals surface area contributed by atoms with Crippen LogP contribution in [0.3, 0.4) is 0 Å². The largest absolute Gasteiger partial charge is 0.350 e. The van der Waals surface area contributed by atoms with Crippen molar-refractivity contribution in [2.75, 3.05) is 13.1 Å². The first-order valence-corrected chi connectivity index (χ1v) is 12.6. The van der Waals surface area contributed by atoms with Gasteiger partial charge in [0.2, 0.25) is 17.6 Å². The van der Waals surface area contributed by atoms with Crippen LogP contribution in [0.2, 0.25) is 0 Å². The molecule has 0 spiro atoms. The van der Waals surface area contributed by atoms with Gasteiger partial charge in [0.15, 0.2) is 0 Å². The fourth-order valence-electron chi connectivity index (χ4n) is 4.83. The molecule has 8 nitrogen and oxygen atoms in total. The topological polar surface area (TPSA) is 122 Å². The highest BCUT2D eigenvalue weighted by Gasteiger charge is 2.41. The van der Waals surface area contributed by atoms with E-state index in [1.54, 1.807) is 11.8 Å². The number of carbonyl (C=O) groups is 4. The molecule has 8 heteroatoms. The Kier molecular flexibility index (Phi) is 11.0. The summed E-state index contributed by atoms with van der Waals surface area (Å²) in [6.07, 6.45) is 10.4. The van der Waals surface area contributed by atoms with E-state index in [9.17, 15) is 19.2 Å². The maximum atomic E-state index is 13.3. The van der Waals surface area contributed by atoms with Crippen LogP contribution in [0.4, 0.5) is 0 Å². The van der Waals surface area contributed by atoms with Crippen LogP contribution in [0.25, 0.3) is 0 Å². The summed E-state index contributed by atoms with van der Waals surface area (Å²) in [6, 6.07) is -2.21. The fraction of sp³-hybridized carbons (Fsp3) is 0.760. The first-order chi connectivity index (χ1) is 15.7. The Morgan fingerprint density at radius 3 is 2.27 bits per heavy atom. The van der Waals surface area contributed by atoms with E-state index in [0.29, 0.717) is 32.4 Å². The van der Waals surface area contributed by atoms with Crippen LogP contribution in [0.5, 0.6) is 0 Å². The Labute approximate surface area is 198 Å². The molecule has 0 aromatic carbocycles. The Morgan fingerprint density at radius 1 is 1.06 bits per heavy atom. The molecule has 2 aliphatic heterocycles. The molecule has 0 aromatic rings.